The Labute approximate surface area is 109 Å². The van der Waals surface area contributed by atoms with Crippen LogP contribution in [0.2, 0.25) is 0 Å². The monoisotopic (exact) mass is 310 g/mol. The van der Waals surface area contributed by atoms with Crippen molar-refractivity contribution in [2.45, 2.75) is 0 Å². The Morgan fingerprint density at radius 1 is 1.11 bits per heavy atom. The topological polar surface area (TPSA) is 142 Å². The van der Waals surface area contributed by atoms with Gasteiger partial charge >= 0.3 is 0 Å². The lowest BCUT2D eigenvalue weighted by molar-refractivity contribution is 0.0795. The summed E-state index contributed by atoms with van der Waals surface area (Å²) in [6.07, 6.45) is 1.24. The molecular weight excluding hydrogens is 300 g/mol. The van der Waals surface area contributed by atoms with Crippen LogP contribution in [0.15, 0.2) is 24.4 Å². The van der Waals surface area contributed by atoms with Gasteiger partial charge in [-0.25, -0.2) is 0 Å². The third-order valence-corrected chi connectivity index (χ3v) is 3.09. The number of aromatic nitrogens is 1. The quantitative estimate of drug-likeness (QED) is 0.674. The van der Waals surface area contributed by atoms with Crippen LogP contribution in [0.5, 0.6) is 0 Å². The molecule has 0 spiro atoms. The van der Waals surface area contributed by atoms with E-state index in [1.165, 1.54) is 24.4 Å². The summed E-state index contributed by atoms with van der Waals surface area (Å²) >= 11 is 0. The molecule has 1 aromatic rings. The van der Waals surface area contributed by atoms with Gasteiger partial charge in [0, 0.05) is 6.20 Å². The van der Waals surface area contributed by atoms with Crippen LogP contribution in [0, 0.1) is 0 Å². The van der Waals surface area contributed by atoms with Gasteiger partial charge in [-0.3, -0.25) is 18.9 Å². The van der Waals surface area contributed by atoms with Crippen LogP contribution < -0.4 is 0 Å². The van der Waals surface area contributed by atoms with Crippen LogP contribution in [0.1, 0.15) is 10.5 Å². The summed E-state index contributed by atoms with van der Waals surface area (Å²) in [5, 5.41) is 0. The van der Waals surface area contributed by atoms with Crippen LogP contribution in [-0.4, -0.2) is 53.5 Å². The van der Waals surface area contributed by atoms with Crippen molar-refractivity contribution in [3.05, 3.63) is 30.1 Å². The Morgan fingerprint density at radius 3 is 2.00 bits per heavy atom. The second-order valence-electron chi connectivity index (χ2n) is 3.48. The summed E-state index contributed by atoms with van der Waals surface area (Å²) in [5.74, 6) is -3.61. The lowest BCUT2D eigenvalue weighted by Crippen LogP contribution is -2.39. The molecule has 0 radical (unpaired) electrons. The number of carbonyl (C=O) groups excluding carboxylic acids is 1. The third kappa shape index (κ3) is 5.74. The standard InChI is InChI=1S/C8H10N2O7S2/c11-8(7-3-1-2-4-9-7)10(5-18(12,13)14)6-19(15,16)17/h1-4H,5-6H2,(H,12,13,14)(H,15,16,17). The molecule has 106 valence electrons. The van der Waals surface area contributed by atoms with E-state index in [0.717, 1.165) is 0 Å². The Morgan fingerprint density at radius 2 is 1.63 bits per heavy atom. The van der Waals surface area contributed by atoms with E-state index in [-0.39, 0.29) is 10.6 Å². The van der Waals surface area contributed by atoms with Gasteiger partial charge in [0.25, 0.3) is 26.1 Å². The van der Waals surface area contributed by atoms with E-state index in [2.05, 4.69) is 4.98 Å². The maximum absolute atomic E-state index is 11.8. The molecule has 0 atom stereocenters. The van der Waals surface area contributed by atoms with Crippen LogP contribution in [0.25, 0.3) is 0 Å². The first-order valence-electron chi connectivity index (χ1n) is 4.69. The number of hydrogen-bond acceptors (Lipinski definition) is 6. The lowest BCUT2D eigenvalue weighted by Gasteiger charge is -2.18. The highest BCUT2D eigenvalue weighted by Crippen LogP contribution is 2.05. The summed E-state index contributed by atoms with van der Waals surface area (Å²) in [7, 11) is -9.29. The molecule has 9 nitrogen and oxygen atoms in total. The molecule has 0 saturated carbocycles. The van der Waals surface area contributed by atoms with Gasteiger partial charge in [0.05, 0.1) is 0 Å². The molecule has 1 aromatic heterocycles. The molecule has 0 fully saturated rings. The van der Waals surface area contributed by atoms with Crippen LogP contribution in [0.3, 0.4) is 0 Å². The van der Waals surface area contributed by atoms with E-state index in [9.17, 15) is 21.6 Å². The Kier molecular flexibility index (Phi) is 4.57. The Hall–Kier alpha value is -1.56. The van der Waals surface area contributed by atoms with Crippen molar-refractivity contribution < 1.29 is 30.7 Å². The summed E-state index contributed by atoms with van der Waals surface area (Å²) in [5.41, 5.74) is -0.227. The van der Waals surface area contributed by atoms with Crippen molar-refractivity contribution in [3.8, 4) is 0 Å². The van der Waals surface area contributed by atoms with Gasteiger partial charge in [-0.15, -0.1) is 0 Å². The van der Waals surface area contributed by atoms with E-state index >= 15 is 0 Å². The van der Waals surface area contributed by atoms with E-state index in [1.807, 2.05) is 0 Å². The molecule has 0 aliphatic rings. The Balaban J connectivity index is 3.07. The molecule has 1 amide bonds. The molecule has 0 aromatic carbocycles. The molecule has 0 aliphatic heterocycles. The highest BCUT2D eigenvalue weighted by molar-refractivity contribution is 7.86. The number of rotatable bonds is 5. The van der Waals surface area contributed by atoms with Crippen molar-refractivity contribution in [3.63, 3.8) is 0 Å². The molecule has 1 heterocycles. The Bertz CT molecular complexity index is 620. The van der Waals surface area contributed by atoms with Gasteiger partial charge in [0.1, 0.15) is 17.4 Å². The summed E-state index contributed by atoms with van der Waals surface area (Å²) in [4.78, 5) is 15.7. The molecule has 0 bridgehead atoms. The first-order chi connectivity index (χ1) is 8.58. The summed E-state index contributed by atoms with van der Waals surface area (Å²) in [6.45, 7) is 0. The molecule has 1 rings (SSSR count). The average Bonchev–Trinajstić information content (AvgIpc) is 2.24. The number of nitrogens with zero attached hydrogens (tertiary/aromatic N) is 2. The molecule has 0 aliphatic carbocycles. The number of hydrogen-bond donors (Lipinski definition) is 2. The fraction of sp³-hybridized carbons (Fsp3) is 0.250. The highest BCUT2D eigenvalue weighted by Gasteiger charge is 2.25. The largest absolute Gasteiger partial charge is 0.304 e. The van der Waals surface area contributed by atoms with Crippen LogP contribution >= 0.6 is 0 Å². The predicted molar refractivity (Wildman–Crippen MR) is 63.2 cm³/mol. The first-order valence-corrected chi connectivity index (χ1v) is 7.91. The van der Waals surface area contributed by atoms with Crippen molar-refractivity contribution in [2.24, 2.45) is 0 Å². The van der Waals surface area contributed by atoms with Crippen molar-refractivity contribution in [1.82, 2.24) is 9.88 Å². The van der Waals surface area contributed by atoms with Crippen molar-refractivity contribution in [1.29, 1.82) is 0 Å². The smallest absolute Gasteiger partial charge is 0.283 e. The first kappa shape index (κ1) is 15.5. The van der Waals surface area contributed by atoms with Gasteiger partial charge in [0.2, 0.25) is 0 Å². The zero-order valence-corrected chi connectivity index (χ0v) is 11.0. The van der Waals surface area contributed by atoms with Gasteiger partial charge in [-0.1, -0.05) is 6.07 Å². The molecule has 19 heavy (non-hydrogen) atoms. The average molecular weight is 310 g/mol. The molecule has 0 unspecified atom stereocenters. The molecule has 11 heteroatoms. The minimum atomic E-state index is -4.65. The van der Waals surface area contributed by atoms with E-state index < -0.39 is 37.9 Å². The predicted octanol–water partition coefficient (Wildman–Crippen LogP) is -0.786. The second kappa shape index (κ2) is 5.61. The van der Waals surface area contributed by atoms with Crippen LogP contribution in [0.4, 0.5) is 0 Å². The molecule has 2 N–H and O–H groups in total. The fourth-order valence-electron chi connectivity index (χ4n) is 1.20. The maximum Gasteiger partial charge on any atom is 0.283 e. The van der Waals surface area contributed by atoms with Crippen molar-refractivity contribution >= 4 is 26.1 Å². The number of amides is 1. The summed E-state index contributed by atoms with van der Waals surface area (Å²) in [6, 6.07) is 4.15. The second-order valence-corrected chi connectivity index (χ2v) is 6.33. The zero-order valence-electron chi connectivity index (χ0n) is 9.37. The number of pyridine rings is 1. The van der Waals surface area contributed by atoms with Gasteiger partial charge in [0.15, 0.2) is 0 Å². The van der Waals surface area contributed by atoms with Crippen LogP contribution in [-0.2, 0) is 20.2 Å². The van der Waals surface area contributed by atoms with Crippen molar-refractivity contribution in [2.75, 3.05) is 11.8 Å². The van der Waals surface area contributed by atoms with E-state index in [1.54, 1.807) is 0 Å². The lowest BCUT2D eigenvalue weighted by atomic mass is 10.3. The SMILES string of the molecule is O=C(c1ccccn1)N(CS(=O)(=O)O)CS(=O)(=O)O. The maximum atomic E-state index is 11.8. The fourth-order valence-corrected chi connectivity index (χ4v) is 2.52. The molecular formula is C8H10N2O7S2. The minimum absolute atomic E-state index is 0.227. The summed E-state index contributed by atoms with van der Waals surface area (Å²) < 4.78 is 60.2. The highest BCUT2D eigenvalue weighted by atomic mass is 32.2. The third-order valence-electron chi connectivity index (χ3n) is 1.81. The van der Waals surface area contributed by atoms with E-state index in [0.29, 0.717) is 0 Å². The van der Waals surface area contributed by atoms with Gasteiger partial charge in [-0.2, -0.15) is 16.8 Å². The van der Waals surface area contributed by atoms with Gasteiger partial charge < -0.3 is 4.90 Å². The molecule has 0 saturated heterocycles. The zero-order chi connectivity index (χ0) is 14.7. The number of carbonyl (C=O) groups is 1. The van der Waals surface area contributed by atoms with Gasteiger partial charge in [-0.05, 0) is 12.1 Å². The minimum Gasteiger partial charge on any atom is -0.304 e. The van der Waals surface area contributed by atoms with E-state index in [4.69, 9.17) is 9.11 Å². The normalized spacial score (nSPS) is 12.1.